The number of nitrogen functional groups attached to an aromatic ring is 1. The summed E-state index contributed by atoms with van der Waals surface area (Å²) >= 11 is 0. The normalized spacial score (nSPS) is 15.4. The molecular formula is C18H21N7. The van der Waals surface area contributed by atoms with Crippen molar-refractivity contribution in [1.29, 1.82) is 0 Å². The van der Waals surface area contributed by atoms with Gasteiger partial charge in [0.1, 0.15) is 11.8 Å². The number of nitrogens with zero attached hydrogens (tertiary/aromatic N) is 6. The van der Waals surface area contributed by atoms with E-state index in [0.717, 1.165) is 31.8 Å². The van der Waals surface area contributed by atoms with E-state index >= 15 is 0 Å². The highest BCUT2D eigenvalue weighted by atomic mass is 15.3. The van der Waals surface area contributed by atoms with E-state index < -0.39 is 0 Å². The second kappa shape index (κ2) is 6.80. The third-order valence-corrected chi connectivity index (χ3v) is 4.48. The lowest BCUT2D eigenvalue weighted by Gasteiger charge is -2.35. The molecule has 0 spiro atoms. The molecule has 1 aromatic carbocycles. The summed E-state index contributed by atoms with van der Waals surface area (Å²) in [5, 5.41) is 0. The van der Waals surface area contributed by atoms with Gasteiger partial charge in [-0.3, -0.25) is 0 Å². The summed E-state index contributed by atoms with van der Waals surface area (Å²) in [6.45, 7) is 4.82. The molecule has 1 fully saturated rings. The lowest BCUT2D eigenvalue weighted by atomic mass is 10.2. The van der Waals surface area contributed by atoms with E-state index in [1.54, 1.807) is 6.33 Å². The number of nitrogens with two attached hydrogens (primary N) is 1. The van der Waals surface area contributed by atoms with Crippen LogP contribution in [-0.4, -0.2) is 50.6 Å². The van der Waals surface area contributed by atoms with Crippen molar-refractivity contribution in [3.05, 3.63) is 55.3 Å². The van der Waals surface area contributed by atoms with Crippen LogP contribution < -0.4 is 10.6 Å². The van der Waals surface area contributed by atoms with Gasteiger partial charge in [-0.1, -0.05) is 18.2 Å². The topological polar surface area (TPSA) is 76.1 Å². The minimum absolute atomic E-state index is 0.421. The predicted octanol–water partition coefficient (Wildman–Crippen LogP) is 1.74. The van der Waals surface area contributed by atoms with Crippen LogP contribution in [0.1, 0.15) is 0 Å². The quantitative estimate of drug-likeness (QED) is 0.783. The zero-order valence-electron chi connectivity index (χ0n) is 14.0. The fraction of sp³-hybridized carbons (Fsp3) is 0.278. The van der Waals surface area contributed by atoms with Gasteiger partial charge in [0.25, 0.3) is 0 Å². The summed E-state index contributed by atoms with van der Waals surface area (Å²) < 4.78 is 1.98. The third kappa shape index (κ3) is 3.26. The van der Waals surface area contributed by atoms with Crippen LogP contribution in [0.3, 0.4) is 0 Å². The van der Waals surface area contributed by atoms with Gasteiger partial charge in [-0.05, 0) is 24.4 Å². The van der Waals surface area contributed by atoms with Gasteiger partial charge in [0.15, 0.2) is 11.5 Å². The molecule has 128 valence electrons. The molecule has 1 saturated heterocycles. The van der Waals surface area contributed by atoms with Crippen LogP contribution in [0.2, 0.25) is 0 Å². The molecule has 0 atom stereocenters. The zero-order valence-corrected chi connectivity index (χ0v) is 14.0. The van der Waals surface area contributed by atoms with Crippen LogP contribution in [-0.2, 0) is 6.54 Å². The number of allylic oxidation sites excluding steroid dienone is 1. The van der Waals surface area contributed by atoms with E-state index in [2.05, 4.69) is 67.4 Å². The number of aromatic nitrogens is 4. The first-order chi connectivity index (χ1) is 12.3. The van der Waals surface area contributed by atoms with E-state index in [4.69, 9.17) is 5.73 Å². The Morgan fingerprint density at radius 2 is 1.80 bits per heavy atom. The SMILES string of the molecule is Nc1ncnc2c1ncn2CC=CN1CCN(c2ccccc2)CC1. The highest BCUT2D eigenvalue weighted by Gasteiger charge is 2.14. The first-order valence-electron chi connectivity index (χ1n) is 8.43. The second-order valence-electron chi connectivity index (χ2n) is 6.07. The Morgan fingerprint density at radius 3 is 2.60 bits per heavy atom. The molecule has 4 rings (SSSR count). The molecule has 1 aliphatic rings. The van der Waals surface area contributed by atoms with E-state index in [0.29, 0.717) is 17.9 Å². The number of para-hydroxylation sites is 1. The fourth-order valence-electron chi connectivity index (χ4n) is 3.11. The summed E-state index contributed by atoms with van der Waals surface area (Å²) in [5.41, 5.74) is 8.55. The molecule has 7 nitrogen and oxygen atoms in total. The first kappa shape index (κ1) is 15.4. The Bertz CT molecular complexity index is 864. The molecule has 0 amide bonds. The van der Waals surface area contributed by atoms with Crippen LogP contribution in [0.5, 0.6) is 0 Å². The average Bonchev–Trinajstić information content (AvgIpc) is 3.08. The average molecular weight is 335 g/mol. The maximum Gasteiger partial charge on any atom is 0.165 e. The summed E-state index contributed by atoms with van der Waals surface area (Å²) in [5.74, 6) is 0.421. The number of fused-ring (bicyclic) bond motifs is 1. The van der Waals surface area contributed by atoms with Crippen LogP contribution >= 0.6 is 0 Å². The van der Waals surface area contributed by atoms with Crippen molar-refractivity contribution in [2.45, 2.75) is 6.54 Å². The number of hydrogen-bond donors (Lipinski definition) is 1. The summed E-state index contributed by atoms with van der Waals surface area (Å²) in [6.07, 6.45) is 7.53. The molecule has 3 aromatic rings. The van der Waals surface area contributed by atoms with E-state index in [1.165, 1.54) is 12.0 Å². The van der Waals surface area contributed by atoms with Crippen LogP contribution in [0.25, 0.3) is 11.2 Å². The minimum atomic E-state index is 0.421. The van der Waals surface area contributed by atoms with Gasteiger partial charge >= 0.3 is 0 Å². The van der Waals surface area contributed by atoms with Crippen LogP contribution in [0, 0.1) is 0 Å². The van der Waals surface area contributed by atoms with Gasteiger partial charge in [0.2, 0.25) is 0 Å². The summed E-state index contributed by atoms with van der Waals surface area (Å²) in [6, 6.07) is 10.6. The summed E-state index contributed by atoms with van der Waals surface area (Å²) in [7, 11) is 0. The molecule has 3 heterocycles. The number of benzene rings is 1. The highest BCUT2D eigenvalue weighted by molar-refractivity contribution is 5.81. The maximum atomic E-state index is 5.82. The maximum absolute atomic E-state index is 5.82. The van der Waals surface area contributed by atoms with Gasteiger partial charge in [0, 0.05) is 38.4 Å². The van der Waals surface area contributed by atoms with Gasteiger partial charge in [-0.15, -0.1) is 0 Å². The van der Waals surface area contributed by atoms with Crippen molar-refractivity contribution in [3.8, 4) is 0 Å². The van der Waals surface area contributed by atoms with Crippen molar-refractivity contribution in [2.75, 3.05) is 36.8 Å². The lowest BCUT2D eigenvalue weighted by molar-refractivity contribution is 0.348. The van der Waals surface area contributed by atoms with Crippen molar-refractivity contribution in [1.82, 2.24) is 24.4 Å². The number of anilines is 2. The molecule has 1 aliphatic heterocycles. The second-order valence-corrected chi connectivity index (χ2v) is 6.07. The molecule has 0 radical (unpaired) electrons. The molecule has 7 heteroatoms. The highest BCUT2D eigenvalue weighted by Crippen LogP contribution is 2.16. The Balaban J connectivity index is 1.35. The summed E-state index contributed by atoms with van der Waals surface area (Å²) in [4.78, 5) is 17.3. The predicted molar refractivity (Wildman–Crippen MR) is 99.1 cm³/mol. The van der Waals surface area contributed by atoms with Crippen LogP contribution in [0.4, 0.5) is 11.5 Å². The van der Waals surface area contributed by atoms with Gasteiger partial charge in [-0.25, -0.2) is 15.0 Å². The van der Waals surface area contributed by atoms with E-state index in [9.17, 15) is 0 Å². The van der Waals surface area contributed by atoms with Crippen molar-refractivity contribution in [3.63, 3.8) is 0 Å². The van der Waals surface area contributed by atoms with E-state index in [1.807, 2.05) is 4.57 Å². The Kier molecular flexibility index (Phi) is 4.20. The Morgan fingerprint density at radius 1 is 1.00 bits per heavy atom. The molecule has 25 heavy (non-hydrogen) atoms. The number of piperazine rings is 1. The van der Waals surface area contributed by atoms with Crippen LogP contribution in [0.15, 0.2) is 55.3 Å². The smallest absolute Gasteiger partial charge is 0.165 e. The van der Waals surface area contributed by atoms with Gasteiger partial charge in [-0.2, -0.15) is 0 Å². The Labute approximate surface area is 146 Å². The van der Waals surface area contributed by atoms with Crippen molar-refractivity contribution >= 4 is 22.7 Å². The molecule has 2 N–H and O–H groups in total. The largest absolute Gasteiger partial charge is 0.382 e. The molecule has 2 aromatic heterocycles. The minimum Gasteiger partial charge on any atom is -0.382 e. The standard InChI is InChI=1S/C18H21N7/c19-17-16-18(21-13-20-17)25(14-22-16)8-4-7-23-9-11-24(12-10-23)15-5-2-1-3-6-15/h1-7,13-14H,8-12H2,(H2,19,20,21). The first-order valence-corrected chi connectivity index (χ1v) is 8.43. The molecule has 0 bridgehead atoms. The van der Waals surface area contributed by atoms with Crippen molar-refractivity contribution < 1.29 is 0 Å². The monoisotopic (exact) mass is 335 g/mol. The van der Waals surface area contributed by atoms with Gasteiger partial charge < -0.3 is 20.1 Å². The van der Waals surface area contributed by atoms with Crippen molar-refractivity contribution in [2.24, 2.45) is 0 Å². The molecule has 0 saturated carbocycles. The van der Waals surface area contributed by atoms with Gasteiger partial charge in [0.05, 0.1) is 6.33 Å². The number of hydrogen-bond acceptors (Lipinski definition) is 6. The van der Waals surface area contributed by atoms with E-state index in [-0.39, 0.29) is 0 Å². The Hall–Kier alpha value is -3.09. The lowest BCUT2D eigenvalue weighted by Crippen LogP contribution is -2.44. The number of imidazole rings is 1. The molecular weight excluding hydrogens is 314 g/mol. The zero-order chi connectivity index (χ0) is 17.1. The third-order valence-electron chi connectivity index (χ3n) is 4.48. The molecule has 0 aliphatic carbocycles. The fourth-order valence-corrected chi connectivity index (χ4v) is 3.11. The molecule has 0 unspecified atom stereocenters. The number of rotatable bonds is 4.